The Hall–Kier alpha value is -1.52. The zero-order valence-electron chi connectivity index (χ0n) is 13.0. The van der Waals surface area contributed by atoms with Crippen LogP contribution in [0.5, 0.6) is 11.5 Å². The molecule has 0 aromatic heterocycles. The molecule has 4 nitrogen and oxygen atoms in total. The number of methoxy groups -OCH3 is 2. The van der Waals surface area contributed by atoms with Crippen LogP contribution in [-0.4, -0.2) is 14.2 Å². The summed E-state index contributed by atoms with van der Waals surface area (Å²) in [7, 11) is 3.36. The molecule has 0 spiro atoms. The third-order valence-corrected chi connectivity index (χ3v) is 4.11. The maximum Gasteiger partial charge on any atom is 0.124 e. The first-order valence-electron chi connectivity index (χ1n) is 7.67. The van der Waals surface area contributed by atoms with E-state index in [0.29, 0.717) is 0 Å². The van der Waals surface area contributed by atoms with Gasteiger partial charge in [-0.25, -0.2) is 5.43 Å². The van der Waals surface area contributed by atoms with Gasteiger partial charge in [-0.15, -0.1) is 0 Å². The van der Waals surface area contributed by atoms with E-state index >= 15 is 0 Å². The number of rotatable bonds is 5. The molecule has 1 aliphatic rings. The lowest BCUT2D eigenvalue weighted by Gasteiger charge is -2.24. The van der Waals surface area contributed by atoms with Crippen LogP contribution in [0.25, 0.3) is 0 Å². The van der Waals surface area contributed by atoms with E-state index in [1.807, 2.05) is 18.2 Å². The molecular formula is C17H26N2O2. The van der Waals surface area contributed by atoms with Gasteiger partial charge in [-0.3, -0.25) is 5.84 Å². The molecule has 0 radical (unpaired) electrons. The molecule has 3 N–H and O–H groups in total. The summed E-state index contributed by atoms with van der Waals surface area (Å²) >= 11 is 0. The van der Waals surface area contributed by atoms with Gasteiger partial charge in [-0.05, 0) is 43.9 Å². The third kappa shape index (κ3) is 3.99. The molecule has 0 aliphatic heterocycles. The van der Waals surface area contributed by atoms with Gasteiger partial charge in [0.1, 0.15) is 11.5 Å². The van der Waals surface area contributed by atoms with Crippen molar-refractivity contribution in [2.24, 2.45) is 5.84 Å². The summed E-state index contributed by atoms with van der Waals surface area (Å²) in [6, 6.07) is 5.82. The van der Waals surface area contributed by atoms with Gasteiger partial charge in [0.2, 0.25) is 0 Å². The molecule has 0 heterocycles. The molecule has 1 aromatic carbocycles. The van der Waals surface area contributed by atoms with Crippen molar-refractivity contribution >= 4 is 0 Å². The first-order chi connectivity index (χ1) is 10.3. The first kappa shape index (κ1) is 15.9. The van der Waals surface area contributed by atoms with Crippen molar-refractivity contribution in [3.05, 3.63) is 35.4 Å². The van der Waals surface area contributed by atoms with Crippen LogP contribution >= 0.6 is 0 Å². The van der Waals surface area contributed by atoms with Crippen molar-refractivity contribution in [2.45, 2.75) is 44.6 Å². The Balaban J connectivity index is 2.34. The summed E-state index contributed by atoms with van der Waals surface area (Å²) in [5.41, 5.74) is 5.34. The molecule has 0 bridgehead atoms. The first-order valence-corrected chi connectivity index (χ1v) is 7.67. The van der Waals surface area contributed by atoms with E-state index in [9.17, 15) is 0 Å². The minimum Gasteiger partial charge on any atom is -0.497 e. The fourth-order valence-corrected chi connectivity index (χ4v) is 2.94. The molecule has 1 unspecified atom stereocenters. The van der Waals surface area contributed by atoms with Gasteiger partial charge in [-0.1, -0.05) is 24.5 Å². The van der Waals surface area contributed by atoms with E-state index in [1.54, 1.807) is 14.2 Å². The van der Waals surface area contributed by atoms with Crippen molar-refractivity contribution in [3.8, 4) is 11.5 Å². The predicted octanol–water partition coefficient (Wildman–Crippen LogP) is 3.49. The van der Waals surface area contributed by atoms with Crippen molar-refractivity contribution in [3.63, 3.8) is 0 Å². The minimum atomic E-state index is -0.0202. The Bertz CT molecular complexity index is 486. The molecule has 21 heavy (non-hydrogen) atoms. The number of allylic oxidation sites excluding steroid dienone is 1. The van der Waals surface area contributed by atoms with Crippen LogP contribution in [0.4, 0.5) is 0 Å². The topological polar surface area (TPSA) is 56.5 Å². The van der Waals surface area contributed by atoms with E-state index in [1.165, 1.54) is 31.3 Å². The maximum absolute atomic E-state index is 5.85. The summed E-state index contributed by atoms with van der Waals surface area (Å²) in [5, 5.41) is 0. The minimum absolute atomic E-state index is 0.0202. The summed E-state index contributed by atoms with van der Waals surface area (Å²) in [6.07, 6.45) is 9.64. The van der Waals surface area contributed by atoms with E-state index in [2.05, 4.69) is 11.5 Å². The largest absolute Gasteiger partial charge is 0.497 e. The molecule has 2 rings (SSSR count). The van der Waals surface area contributed by atoms with E-state index in [-0.39, 0.29) is 6.04 Å². The highest BCUT2D eigenvalue weighted by Crippen LogP contribution is 2.35. The van der Waals surface area contributed by atoms with Crippen LogP contribution in [0.3, 0.4) is 0 Å². The quantitative estimate of drug-likeness (QED) is 0.495. The van der Waals surface area contributed by atoms with Crippen LogP contribution in [0.15, 0.2) is 29.8 Å². The lowest BCUT2D eigenvalue weighted by atomic mass is 9.90. The maximum atomic E-state index is 5.85. The van der Waals surface area contributed by atoms with Crippen molar-refractivity contribution in [1.82, 2.24) is 5.43 Å². The molecule has 0 saturated carbocycles. The number of nitrogens with one attached hydrogen (secondary N) is 1. The summed E-state index contributed by atoms with van der Waals surface area (Å²) in [6.45, 7) is 0. The van der Waals surface area contributed by atoms with Crippen LogP contribution in [0, 0.1) is 0 Å². The summed E-state index contributed by atoms with van der Waals surface area (Å²) in [4.78, 5) is 0. The van der Waals surface area contributed by atoms with Crippen LogP contribution < -0.4 is 20.7 Å². The van der Waals surface area contributed by atoms with Crippen molar-refractivity contribution in [1.29, 1.82) is 0 Å². The third-order valence-electron chi connectivity index (χ3n) is 4.11. The summed E-state index contributed by atoms with van der Waals surface area (Å²) in [5.74, 6) is 7.51. The molecule has 4 heteroatoms. The molecule has 116 valence electrons. The Labute approximate surface area is 127 Å². The van der Waals surface area contributed by atoms with Gasteiger partial charge in [0.05, 0.1) is 20.3 Å². The number of hydrogen-bond acceptors (Lipinski definition) is 4. The Morgan fingerprint density at radius 2 is 1.90 bits per heavy atom. The SMILES string of the molecule is COc1ccc(OC)c(C(NN)/C2=C/CCCCCC2)c1. The molecule has 1 aliphatic carbocycles. The number of nitrogens with two attached hydrogens (primary N) is 1. The molecule has 1 aromatic rings. The zero-order chi connectivity index (χ0) is 15.1. The molecule has 0 fully saturated rings. The highest BCUT2D eigenvalue weighted by atomic mass is 16.5. The van der Waals surface area contributed by atoms with Gasteiger partial charge < -0.3 is 9.47 Å². The van der Waals surface area contributed by atoms with Crippen LogP contribution in [0.1, 0.15) is 50.1 Å². The Morgan fingerprint density at radius 1 is 1.10 bits per heavy atom. The van der Waals surface area contributed by atoms with Gasteiger partial charge in [0.25, 0.3) is 0 Å². The van der Waals surface area contributed by atoms with Crippen LogP contribution in [0.2, 0.25) is 0 Å². The molecule has 0 saturated heterocycles. The fourth-order valence-electron chi connectivity index (χ4n) is 2.94. The normalized spacial score (nSPS) is 19.9. The average molecular weight is 290 g/mol. The van der Waals surface area contributed by atoms with E-state index < -0.39 is 0 Å². The average Bonchev–Trinajstić information content (AvgIpc) is 2.49. The second-order valence-corrected chi connectivity index (χ2v) is 5.44. The smallest absolute Gasteiger partial charge is 0.124 e. The highest BCUT2D eigenvalue weighted by Gasteiger charge is 2.20. The number of hydrazine groups is 1. The van der Waals surface area contributed by atoms with E-state index in [4.69, 9.17) is 15.3 Å². The molecular weight excluding hydrogens is 264 g/mol. The predicted molar refractivity (Wildman–Crippen MR) is 85.4 cm³/mol. The zero-order valence-corrected chi connectivity index (χ0v) is 13.0. The molecule has 1 atom stereocenters. The Morgan fingerprint density at radius 3 is 2.62 bits per heavy atom. The lowest BCUT2D eigenvalue weighted by molar-refractivity contribution is 0.392. The van der Waals surface area contributed by atoms with Gasteiger partial charge in [0.15, 0.2) is 0 Å². The molecule has 0 amide bonds. The van der Waals surface area contributed by atoms with Gasteiger partial charge in [-0.2, -0.15) is 0 Å². The highest BCUT2D eigenvalue weighted by molar-refractivity contribution is 5.45. The number of hydrogen-bond donors (Lipinski definition) is 2. The van der Waals surface area contributed by atoms with Crippen LogP contribution in [-0.2, 0) is 0 Å². The van der Waals surface area contributed by atoms with Gasteiger partial charge in [0, 0.05) is 5.56 Å². The standard InChI is InChI=1S/C17H26N2O2/c1-20-14-10-11-16(21-2)15(12-14)17(19-18)13-8-6-4-3-5-7-9-13/h8,10-12,17,19H,3-7,9,18H2,1-2H3/b13-8+. The fraction of sp³-hybridized carbons (Fsp3) is 0.529. The monoisotopic (exact) mass is 290 g/mol. The van der Waals surface area contributed by atoms with E-state index in [0.717, 1.165) is 29.9 Å². The second-order valence-electron chi connectivity index (χ2n) is 5.44. The lowest BCUT2D eigenvalue weighted by Crippen LogP contribution is -2.30. The number of ether oxygens (including phenoxy) is 2. The Kier molecular flexibility index (Phi) is 6.08. The summed E-state index contributed by atoms with van der Waals surface area (Å²) < 4.78 is 10.8. The van der Waals surface area contributed by atoms with Crippen molar-refractivity contribution < 1.29 is 9.47 Å². The van der Waals surface area contributed by atoms with Gasteiger partial charge >= 0.3 is 0 Å². The number of benzene rings is 1. The second kappa shape index (κ2) is 8.05. The van der Waals surface area contributed by atoms with Crippen molar-refractivity contribution in [2.75, 3.05) is 14.2 Å².